The number of hydrogen-bond acceptors (Lipinski definition) is 3. The molecule has 1 heterocycles. The number of carbonyl (C=O) groups excluding carboxylic acids is 1. The average Bonchev–Trinajstić information content (AvgIpc) is 2.29. The van der Waals surface area contributed by atoms with Gasteiger partial charge < -0.3 is 9.90 Å². The summed E-state index contributed by atoms with van der Waals surface area (Å²) in [5.74, 6) is -1.73. The minimum absolute atomic E-state index is 0.426. The van der Waals surface area contributed by atoms with Crippen molar-refractivity contribution in [1.82, 2.24) is 9.78 Å². The van der Waals surface area contributed by atoms with Crippen LogP contribution in [-0.2, 0) is 13.2 Å². The number of aryl methyl sites for hydroxylation is 1. The Balaban J connectivity index is 3.18. The molecular weight excluding hydrogens is 189 g/mol. The van der Waals surface area contributed by atoms with Crippen molar-refractivity contribution >= 4 is 5.97 Å². The second-order valence-corrected chi connectivity index (χ2v) is 2.32. The number of alkyl halides is 3. The Kier molecular flexibility index (Phi) is 2.02. The van der Waals surface area contributed by atoms with E-state index in [9.17, 15) is 23.1 Å². The first-order chi connectivity index (χ1) is 5.82. The minimum Gasteiger partial charge on any atom is -0.543 e. The van der Waals surface area contributed by atoms with Crippen LogP contribution >= 0.6 is 0 Å². The molecule has 0 aromatic carbocycles. The van der Waals surface area contributed by atoms with Crippen molar-refractivity contribution < 1.29 is 23.1 Å². The molecule has 72 valence electrons. The molecule has 0 spiro atoms. The number of carbonyl (C=O) groups is 1. The Morgan fingerprint density at radius 2 is 2.15 bits per heavy atom. The fraction of sp³-hybridized carbons (Fsp3) is 0.333. The third-order valence-corrected chi connectivity index (χ3v) is 1.38. The van der Waals surface area contributed by atoms with Crippen molar-refractivity contribution in [3.8, 4) is 0 Å². The van der Waals surface area contributed by atoms with Crippen LogP contribution in [0.25, 0.3) is 0 Å². The van der Waals surface area contributed by atoms with Gasteiger partial charge in [-0.05, 0) is 6.07 Å². The second kappa shape index (κ2) is 2.75. The quantitative estimate of drug-likeness (QED) is 0.620. The number of rotatable bonds is 1. The molecule has 1 aromatic rings. The lowest BCUT2D eigenvalue weighted by atomic mass is 10.3. The zero-order valence-corrected chi connectivity index (χ0v) is 6.42. The lowest BCUT2D eigenvalue weighted by Gasteiger charge is -2.04. The molecule has 0 aliphatic heterocycles. The van der Waals surface area contributed by atoms with E-state index in [4.69, 9.17) is 0 Å². The number of aromatic carboxylic acids is 1. The molecule has 0 saturated carbocycles. The normalized spacial score (nSPS) is 11.7. The fourth-order valence-electron chi connectivity index (χ4n) is 0.832. The number of hydrogen-bond donors (Lipinski definition) is 0. The highest BCUT2D eigenvalue weighted by Gasteiger charge is 2.34. The average molecular weight is 193 g/mol. The Labute approximate surface area is 70.6 Å². The van der Waals surface area contributed by atoms with Gasteiger partial charge in [0, 0.05) is 7.05 Å². The first-order valence-electron chi connectivity index (χ1n) is 3.15. The van der Waals surface area contributed by atoms with E-state index in [-0.39, 0.29) is 0 Å². The Morgan fingerprint density at radius 1 is 1.62 bits per heavy atom. The summed E-state index contributed by atoms with van der Waals surface area (Å²) >= 11 is 0. The number of carboxylic acid groups (broad SMARTS) is 1. The first kappa shape index (κ1) is 9.56. The van der Waals surface area contributed by atoms with Gasteiger partial charge in [0.2, 0.25) is 0 Å². The smallest absolute Gasteiger partial charge is 0.433 e. The van der Waals surface area contributed by atoms with Gasteiger partial charge >= 0.3 is 6.18 Å². The molecule has 4 nitrogen and oxygen atoms in total. The molecular formula is C6H4F3N2O2-. The first-order valence-corrected chi connectivity index (χ1v) is 3.15. The Morgan fingerprint density at radius 3 is 2.38 bits per heavy atom. The van der Waals surface area contributed by atoms with E-state index in [1.807, 2.05) is 0 Å². The second-order valence-electron chi connectivity index (χ2n) is 2.32. The van der Waals surface area contributed by atoms with E-state index < -0.39 is 23.5 Å². The van der Waals surface area contributed by atoms with Crippen molar-refractivity contribution in [3.05, 3.63) is 17.5 Å². The number of aromatic nitrogens is 2. The van der Waals surface area contributed by atoms with Crippen LogP contribution in [0.5, 0.6) is 0 Å². The number of halogens is 3. The maximum absolute atomic E-state index is 12.1. The maximum Gasteiger partial charge on any atom is 0.433 e. The summed E-state index contributed by atoms with van der Waals surface area (Å²) in [6, 6.07) is 0.426. The molecule has 0 atom stereocenters. The molecule has 1 rings (SSSR count). The molecule has 0 unspecified atom stereocenters. The molecule has 0 saturated heterocycles. The van der Waals surface area contributed by atoms with Gasteiger partial charge in [0.1, 0.15) is 11.4 Å². The lowest BCUT2D eigenvalue weighted by Crippen LogP contribution is -2.22. The van der Waals surface area contributed by atoms with Crippen LogP contribution in [0.15, 0.2) is 6.07 Å². The predicted octanol–water partition coefficient (Wildman–Crippen LogP) is -0.198. The third-order valence-electron chi connectivity index (χ3n) is 1.38. The third kappa shape index (κ3) is 1.79. The summed E-state index contributed by atoms with van der Waals surface area (Å²) in [7, 11) is 1.01. The molecule has 0 N–H and O–H groups in total. The number of nitrogens with zero attached hydrogens (tertiary/aromatic N) is 2. The zero-order valence-electron chi connectivity index (χ0n) is 6.42. The monoisotopic (exact) mass is 193 g/mol. The van der Waals surface area contributed by atoms with Gasteiger partial charge in [-0.2, -0.15) is 18.3 Å². The SMILES string of the molecule is Cn1nc(C(=O)[O-])cc1C(F)(F)F. The summed E-state index contributed by atoms with van der Waals surface area (Å²) < 4.78 is 36.6. The van der Waals surface area contributed by atoms with E-state index in [2.05, 4.69) is 5.10 Å². The van der Waals surface area contributed by atoms with Gasteiger partial charge in [-0.15, -0.1) is 0 Å². The van der Waals surface area contributed by atoms with Crippen molar-refractivity contribution in [2.75, 3.05) is 0 Å². The van der Waals surface area contributed by atoms with E-state index in [1.165, 1.54) is 0 Å². The molecule has 0 aliphatic rings. The van der Waals surface area contributed by atoms with Gasteiger partial charge in [0.25, 0.3) is 0 Å². The van der Waals surface area contributed by atoms with Crippen molar-refractivity contribution in [2.45, 2.75) is 6.18 Å². The molecule has 0 radical (unpaired) electrons. The van der Waals surface area contributed by atoms with Crippen LogP contribution in [0.3, 0.4) is 0 Å². The van der Waals surface area contributed by atoms with E-state index in [1.54, 1.807) is 0 Å². The maximum atomic E-state index is 12.1. The van der Waals surface area contributed by atoms with Gasteiger partial charge in [0.15, 0.2) is 0 Å². The van der Waals surface area contributed by atoms with E-state index >= 15 is 0 Å². The fourth-order valence-corrected chi connectivity index (χ4v) is 0.832. The lowest BCUT2D eigenvalue weighted by molar-refractivity contribution is -0.255. The van der Waals surface area contributed by atoms with Crippen LogP contribution in [0.1, 0.15) is 16.2 Å². The highest BCUT2D eigenvalue weighted by atomic mass is 19.4. The predicted molar refractivity (Wildman–Crippen MR) is 32.5 cm³/mol. The number of carboxylic acids is 1. The van der Waals surface area contributed by atoms with Crippen molar-refractivity contribution in [1.29, 1.82) is 0 Å². The summed E-state index contributed by atoms with van der Waals surface area (Å²) in [4.78, 5) is 10.1. The van der Waals surface area contributed by atoms with E-state index in [0.29, 0.717) is 10.7 Å². The Bertz CT molecular complexity index is 342. The Hall–Kier alpha value is -1.53. The van der Waals surface area contributed by atoms with Crippen LogP contribution in [-0.4, -0.2) is 15.7 Å². The molecule has 13 heavy (non-hydrogen) atoms. The molecule has 1 aromatic heterocycles. The molecule has 0 bridgehead atoms. The van der Waals surface area contributed by atoms with Crippen molar-refractivity contribution in [2.24, 2.45) is 7.05 Å². The van der Waals surface area contributed by atoms with Gasteiger partial charge in [0.05, 0.1) is 5.97 Å². The van der Waals surface area contributed by atoms with Crippen LogP contribution in [0, 0.1) is 0 Å². The van der Waals surface area contributed by atoms with Gasteiger partial charge in [-0.3, -0.25) is 4.68 Å². The molecule has 0 fully saturated rings. The molecule has 0 amide bonds. The van der Waals surface area contributed by atoms with Crippen LogP contribution < -0.4 is 5.11 Å². The van der Waals surface area contributed by atoms with E-state index in [0.717, 1.165) is 7.05 Å². The summed E-state index contributed by atoms with van der Waals surface area (Å²) in [6.07, 6.45) is -4.60. The summed E-state index contributed by atoms with van der Waals surface area (Å²) in [5, 5.41) is 13.3. The van der Waals surface area contributed by atoms with Crippen LogP contribution in [0.2, 0.25) is 0 Å². The largest absolute Gasteiger partial charge is 0.543 e. The molecule has 7 heteroatoms. The van der Waals surface area contributed by atoms with Gasteiger partial charge in [-0.25, -0.2) is 0 Å². The highest BCUT2D eigenvalue weighted by molar-refractivity contribution is 5.83. The van der Waals surface area contributed by atoms with Crippen LogP contribution in [0.4, 0.5) is 13.2 Å². The highest BCUT2D eigenvalue weighted by Crippen LogP contribution is 2.28. The topological polar surface area (TPSA) is 58.0 Å². The standard InChI is InChI=1S/C6H5F3N2O2/c1-11-4(6(7,8)9)2-3(10-11)5(12)13/h2H,1H3,(H,12,13)/p-1. The zero-order chi connectivity index (χ0) is 10.2. The molecule has 0 aliphatic carbocycles. The minimum atomic E-state index is -4.60. The van der Waals surface area contributed by atoms with Gasteiger partial charge in [-0.1, -0.05) is 0 Å². The summed E-state index contributed by atoms with van der Waals surface area (Å²) in [6.45, 7) is 0. The summed E-state index contributed by atoms with van der Waals surface area (Å²) in [5.41, 5.74) is -1.85. The van der Waals surface area contributed by atoms with Crippen molar-refractivity contribution in [3.63, 3.8) is 0 Å².